The molecule has 1 aromatic rings. The summed E-state index contributed by atoms with van der Waals surface area (Å²) in [7, 11) is 0. The average molecular weight is 327 g/mol. The van der Waals surface area contributed by atoms with Gasteiger partial charge in [0.15, 0.2) is 0 Å². The molecule has 1 aliphatic carbocycles. The van der Waals surface area contributed by atoms with Gasteiger partial charge < -0.3 is 5.32 Å². The lowest BCUT2D eigenvalue weighted by molar-refractivity contribution is -0.385. The maximum Gasteiger partial charge on any atom is 0.275 e. The van der Waals surface area contributed by atoms with Gasteiger partial charge in [0.25, 0.3) is 5.69 Å². The van der Waals surface area contributed by atoms with E-state index < -0.39 is 0 Å². The van der Waals surface area contributed by atoms with E-state index >= 15 is 0 Å². The van der Waals surface area contributed by atoms with Crippen LogP contribution in [0.4, 0.5) is 5.69 Å². The molecule has 1 atom stereocenters. The van der Waals surface area contributed by atoms with Gasteiger partial charge >= 0.3 is 0 Å². The van der Waals surface area contributed by atoms with Crippen LogP contribution in [0.15, 0.2) is 22.7 Å². The van der Waals surface area contributed by atoms with Crippen molar-refractivity contribution < 1.29 is 4.92 Å². The molecular formula is C14H19BrN2O2. The lowest BCUT2D eigenvalue weighted by Crippen LogP contribution is -2.31. The van der Waals surface area contributed by atoms with Crippen molar-refractivity contribution in [3.05, 3.63) is 38.3 Å². The van der Waals surface area contributed by atoms with Crippen molar-refractivity contribution in [2.75, 3.05) is 0 Å². The minimum absolute atomic E-state index is 0.181. The minimum Gasteiger partial charge on any atom is -0.310 e. The van der Waals surface area contributed by atoms with Crippen molar-refractivity contribution in [1.29, 1.82) is 0 Å². The number of nitro benzene ring substituents is 1. The summed E-state index contributed by atoms with van der Waals surface area (Å²) in [6.45, 7) is 2.74. The molecule has 1 aliphatic rings. The highest BCUT2D eigenvalue weighted by molar-refractivity contribution is 9.10. The molecule has 1 fully saturated rings. The fraction of sp³-hybridized carbons (Fsp3) is 0.571. The van der Waals surface area contributed by atoms with Crippen molar-refractivity contribution in [3.8, 4) is 0 Å². The molecule has 104 valence electrons. The molecule has 0 saturated heterocycles. The second-order valence-corrected chi connectivity index (χ2v) is 6.16. The topological polar surface area (TPSA) is 55.2 Å². The number of hydrogen-bond acceptors (Lipinski definition) is 3. The zero-order chi connectivity index (χ0) is 13.8. The Morgan fingerprint density at radius 1 is 1.47 bits per heavy atom. The van der Waals surface area contributed by atoms with Gasteiger partial charge in [-0.2, -0.15) is 0 Å². The van der Waals surface area contributed by atoms with E-state index in [2.05, 4.69) is 28.2 Å². The van der Waals surface area contributed by atoms with Crippen LogP contribution in [-0.4, -0.2) is 11.0 Å². The highest BCUT2D eigenvalue weighted by Gasteiger charge is 2.22. The summed E-state index contributed by atoms with van der Waals surface area (Å²) >= 11 is 3.27. The van der Waals surface area contributed by atoms with Gasteiger partial charge in [-0.25, -0.2) is 0 Å². The number of nitro groups is 1. The van der Waals surface area contributed by atoms with Crippen molar-refractivity contribution in [2.24, 2.45) is 5.92 Å². The average Bonchev–Trinajstić information content (AvgIpc) is 2.90. The van der Waals surface area contributed by atoms with E-state index in [0.717, 1.165) is 16.0 Å². The molecule has 0 spiro atoms. The number of halogens is 1. The first-order valence-corrected chi connectivity index (χ1v) is 7.53. The Labute approximate surface area is 121 Å². The Hall–Kier alpha value is -0.940. The van der Waals surface area contributed by atoms with Gasteiger partial charge in [-0.15, -0.1) is 0 Å². The van der Waals surface area contributed by atoms with E-state index in [0.29, 0.717) is 12.6 Å². The summed E-state index contributed by atoms with van der Waals surface area (Å²) < 4.78 is 0.742. The maximum atomic E-state index is 11.0. The predicted molar refractivity (Wildman–Crippen MR) is 79.1 cm³/mol. The summed E-state index contributed by atoms with van der Waals surface area (Å²) in [5.74, 6) is 0.717. The number of hydrogen-bond donors (Lipinski definition) is 1. The first kappa shape index (κ1) is 14.5. The highest BCUT2D eigenvalue weighted by atomic mass is 79.9. The normalized spacial score (nSPS) is 17.6. The molecule has 0 aliphatic heterocycles. The van der Waals surface area contributed by atoms with Crippen LogP contribution in [0.2, 0.25) is 0 Å². The van der Waals surface area contributed by atoms with Crippen LogP contribution in [-0.2, 0) is 6.54 Å². The zero-order valence-corrected chi connectivity index (χ0v) is 12.6. The van der Waals surface area contributed by atoms with Crippen LogP contribution >= 0.6 is 15.9 Å². The van der Waals surface area contributed by atoms with Gasteiger partial charge in [0.05, 0.1) is 4.92 Å². The monoisotopic (exact) mass is 326 g/mol. The predicted octanol–water partition coefficient (Wildman–Crippen LogP) is 4.03. The van der Waals surface area contributed by atoms with Crippen LogP contribution in [0.5, 0.6) is 0 Å². The molecule has 1 unspecified atom stereocenters. The quantitative estimate of drug-likeness (QED) is 0.656. The lowest BCUT2D eigenvalue weighted by Gasteiger charge is -2.20. The highest BCUT2D eigenvalue weighted by Crippen LogP contribution is 2.28. The molecule has 19 heavy (non-hydrogen) atoms. The molecule has 5 heteroatoms. The van der Waals surface area contributed by atoms with Gasteiger partial charge in [-0.3, -0.25) is 10.1 Å². The second kappa shape index (κ2) is 6.48. The molecule has 0 heterocycles. The standard InChI is InChI=1S/C14H19BrN2O2/c1-10(11-4-2-3-5-11)16-9-12-6-7-13(15)8-14(12)17(18)19/h6-8,10-11,16H,2-5,9H2,1H3. The molecule has 2 rings (SSSR count). The number of nitrogens with one attached hydrogen (secondary N) is 1. The van der Waals surface area contributed by atoms with Gasteiger partial charge in [0.1, 0.15) is 0 Å². The smallest absolute Gasteiger partial charge is 0.275 e. The molecule has 0 aromatic heterocycles. The van der Waals surface area contributed by atoms with Crippen molar-refractivity contribution in [3.63, 3.8) is 0 Å². The van der Waals surface area contributed by atoms with Crippen LogP contribution in [0, 0.1) is 16.0 Å². The van der Waals surface area contributed by atoms with Gasteiger partial charge in [0.2, 0.25) is 0 Å². The van der Waals surface area contributed by atoms with Crippen molar-refractivity contribution in [2.45, 2.75) is 45.2 Å². The molecule has 0 radical (unpaired) electrons. The summed E-state index contributed by atoms with van der Waals surface area (Å²) in [5.41, 5.74) is 0.929. The minimum atomic E-state index is -0.317. The summed E-state index contributed by atoms with van der Waals surface area (Å²) in [5, 5.41) is 14.5. The summed E-state index contributed by atoms with van der Waals surface area (Å²) in [4.78, 5) is 10.7. The third-order valence-electron chi connectivity index (χ3n) is 3.97. The number of benzene rings is 1. The molecule has 0 amide bonds. The van der Waals surface area contributed by atoms with E-state index in [1.165, 1.54) is 25.7 Å². The largest absolute Gasteiger partial charge is 0.310 e. The number of rotatable bonds is 5. The van der Waals surface area contributed by atoms with Crippen LogP contribution in [0.1, 0.15) is 38.2 Å². The van der Waals surface area contributed by atoms with E-state index in [-0.39, 0.29) is 10.6 Å². The fourth-order valence-electron chi connectivity index (χ4n) is 2.75. The van der Waals surface area contributed by atoms with E-state index in [1.54, 1.807) is 6.07 Å². The van der Waals surface area contributed by atoms with E-state index in [9.17, 15) is 10.1 Å². The Morgan fingerprint density at radius 3 is 2.79 bits per heavy atom. The summed E-state index contributed by atoms with van der Waals surface area (Å²) in [6, 6.07) is 5.66. The Kier molecular flexibility index (Phi) is 4.93. The molecule has 4 nitrogen and oxygen atoms in total. The van der Waals surface area contributed by atoms with Crippen molar-refractivity contribution in [1.82, 2.24) is 5.32 Å². The molecule has 1 aromatic carbocycles. The molecule has 1 saturated carbocycles. The van der Waals surface area contributed by atoms with Gasteiger partial charge in [0, 0.05) is 28.7 Å². The zero-order valence-electron chi connectivity index (χ0n) is 11.1. The molecule has 1 N–H and O–H groups in total. The van der Waals surface area contributed by atoms with Crippen molar-refractivity contribution >= 4 is 21.6 Å². The van der Waals surface area contributed by atoms with Gasteiger partial charge in [-0.05, 0) is 37.8 Å². The fourth-order valence-corrected chi connectivity index (χ4v) is 3.10. The molecule has 0 bridgehead atoms. The second-order valence-electron chi connectivity index (χ2n) is 5.24. The molecular weight excluding hydrogens is 308 g/mol. The first-order valence-electron chi connectivity index (χ1n) is 6.74. The Bertz CT molecular complexity index is 459. The Balaban J connectivity index is 2.00. The van der Waals surface area contributed by atoms with E-state index in [1.807, 2.05) is 12.1 Å². The van der Waals surface area contributed by atoms with E-state index in [4.69, 9.17) is 0 Å². The van der Waals surface area contributed by atoms with Crippen LogP contribution in [0.25, 0.3) is 0 Å². The number of nitrogens with zero attached hydrogens (tertiary/aromatic N) is 1. The lowest BCUT2D eigenvalue weighted by atomic mass is 9.99. The third kappa shape index (κ3) is 3.76. The maximum absolute atomic E-state index is 11.0. The Morgan fingerprint density at radius 2 is 2.16 bits per heavy atom. The summed E-state index contributed by atoms with van der Waals surface area (Å²) in [6.07, 6.45) is 5.18. The van der Waals surface area contributed by atoms with Crippen LogP contribution < -0.4 is 5.32 Å². The van der Waals surface area contributed by atoms with Crippen LogP contribution in [0.3, 0.4) is 0 Å². The van der Waals surface area contributed by atoms with Gasteiger partial charge in [-0.1, -0.05) is 28.8 Å². The SMILES string of the molecule is CC(NCc1ccc(Br)cc1[N+](=O)[O-])C1CCCC1. The third-order valence-corrected chi connectivity index (χ3v) is 4.46. The first-order chi connectivity index (χ1) is 9.08.